The van der Waals surface area contributed by atoms with Gasteiger partial charge in [-0.25, -0.2) is 0 Å². The summed E-state index contributed by atoms with van der Waals surface area (Å²) in [6, 6.07) is 5.57. The summed E-state index contributed by atoms with van der Waals surface area (Å²) in [6.07, 6.45) is 2.24. The molecule has 0 aliphatic rings. The van der Waals surface area contributed by atoms with E-state index in [4.69, 9.17) is 22.1 Å². The van der Waals surface area contributed by atoms with Gasteiger partial charge in [-0.2, -0.15) is 0 Å². The molecular formula is C13H20ClNO. The van der Waals surface area contributed by atoms with Crippen molar-refractivity contribution in [3.63, 3.8) is 0 Å². The number of halogens is 1. The Morgan fingerprint density at radius 1 is 1.44 bits per heavy atom. The summed E-state index contributed by atoms with van der Waals surface area (Å²) in [5.41, 5.74) is 7.23. The Bertz CT molecular complexity index is 341. The highest BCUT2D eigenvalue weighted by Crippen LogP contribution is 2.32. The number of methoxy groups -OCH3 is 1. The standard InChI is InChI=1S/C13H20ClNO/c1-4-5-9(2)13(15)11-8-10(14)6-7-12(11)16-3/h6-9,13H,4-5,15H2,1-3H3. The summed E-state index contributed by atoms with van der Waals surface area (Å²) in [5, 5.41) is 0.704. The summed E-state index contributed by atoms with van der Waals surface area (Å²) in [6.45, 7) is 4.33. The molecule has 0 saturated heterocycles. The first-order valence-electron chi connectivity index (χ1n) is 5.69. The molecule has 0 spiro atoms. The van der Waals surface area contributed by atoms with Crippen LogP contribution in [0.1, 0.15) is 38.3 Å². The minimum Gasteiger partial charge on any atom is -0.496 e. The van der Waals surface area contributed by atoms with E-state index in [0.717, 1.165) is 24.2 Å². The van der Waals surface area contributed by atoms with Crippen molar-refractivity contribution >= 4 is 11.6 Å². The quantitative estimate of drug-likeness (QED) is 0.852. The van der Waals surface area contributed by atoms with Crippen LogP contribution in [0.4, 0.5) is 0 Å². The van der Waals surface area contributed by atoms with E-state index in [1.165, 1.54) is 0 Å². The molecule has 1 aromatic rings. The molecule has 0 amide bonds. The minimum atomic E-state index is -0.0198. The highest BCUT2D eigenvalue weighted by molar-refractivity contribution is 6.30. The zero-order valence-electron chi connectivity index (χ0n) is 10.2. The van der Waals surface area contributed by atoms with Crippen molar-refractivity contribution in [1.29, 1.82) is 0 Å². The number of benzene rings is 1. The van der Waals surface area contributed by atoms with Gasteiger partial charge in [-0.3, -0.25) is 0 Å². The lowest BCUT2D eigenvalue weighted by Crippen LogP contribution is -2.19. The molecule has 3 heteroatoms. The van der Waals surface area contributed by atoms with Crippen molar-refractivity contribution in [3.05, 3.63) is 28.8 Å². The fourth-order valence-corrected chi connectivity index (χ4v) is 2.09. The molecule has 0 aromatic heterocycles. The molecule has 1 aromatic carbocycles. The maximum atomic E-state index is 6.23. The number of hydrogen-bond acceptors (Lipinski definition) is 2. The molecule has 0 aliphatic heterocycles. The van der Waals surface area contributed by atoms with Crippen LogP contribution < -0.4 is 10.5 Å². The minimum absolute atomic E-state index is 0.0198. The maximum absolute atomic E-state index is 6.23. The van der Waals surface area contributed by atoms with Crippen molar-refractivity contribution in [2.75, 3.05) is 7.11 Å². The third-order valence-corrected chi connectivity index (χ3v) is 3.14. The lowest BCUT2D eigenvalue weighted by atomic mass is 9.91. The van der Waals surface area contributed by atoms with Gasteiger partial charge in [0.05, 0.1) is 7.11 Å². The van der Waals surface area contributed by atoms with Gasteiger partial charge in [-0.1, -0.05) is 31.9 Å². The normalized spacial score (nSPS) is 14.6. The largest absolute Gasteiger partial charge is 0.496 e. The summed E-state index contributed by atoms with van der Waals surface area (Å²) in [5.74, 6) is 1.25. The molecule has 0 bridgehead atoms. The number of rotatable bonds is 5. The Kier molecular flexibility index (Phi) is 5.10. The van der Waals surface area contributed by atoms with Gasteiger partial charge in [0.15, 0.2) is 0 Å². The molecular weight excluding hydrogens is 222 g/mol. The SMILES string of the molecule is CCCC(C)C(N)c1cc(Cl)ccc1OC. The summed E-state index contributed by atoms with van der Waals surface area (Å²) >= 11 is 5.99. The Hall–Kier alpha value is -0.730. The fraction of sp³-hybridized carbons (Fsp3) is 0.538. The smallest absolute Gasteiger partial charge is 0.123 e. The second-order valence-corrected chi connectivity index (χ2v) is 4.61. The van der Waals surface area contributed by atoms with Crippen LogP contribution in [-0.2, 0) is 0 Å². The van der Waals surface area contributed by atoms with Crippen molar-refractivity contribution in [1.82, 2.24) is 0 Å². The first-order chi connectivity index (χ1) is 7.60. The van der Waals surface area contributed by atoms with Gasteiger partial charge in [-0.05, 0) is 30.5 Å². The van der Waals surface area contributed by atoms with Gasteiger partial charge < -0.3 is 10.5 Å². The highest BCUT2D eigenvalue weighted by atomic mass is 35.5. The summed E-state index contributed by atoms with van der Waals surface area (Å²) < 4.78 is 5.31. The second-order valence-electron chi connectivity index (χ2n) is 4.18. The fourth-order valence-electron chi connectivity index (χ4n) is 1.91. The van der Waals surface area contributed by atoms with Gasteiger partial charge in [0.25, 0.3) is 0 Å². The van der Waals surface area contributed by atoms with Gasteiger partial charge in [-0.15, -0.1) is 0 Å². The van der Waals surface area contributed by atoms with Gasteiger partial charge in [0.1, 0.15) is 5.75 Å². The second kappa shape index (κ2) is 6.12. The molecule has 16 heavy (non-hydrogen) atoms. The Morgan fingerprint density at radius 3 is 2.69 bits per heavy atom. The third-order valence-electron chi connectivity index (χ3n) is 2.91. The molecule has 2 nitrogen and oxygen atoms in total. The van der Waals surface area contributed by atoms with Crippen LogP contribution >= 0.6 is 11.6 Å². The van der Waals surface area contributed by atoms with Crippen molar-refractivity contribution in [2.45, 2.75) is 32.7 Å². The molecule has 0 fully saturated rings. The van der Waals surface area contributed by atoms with E-state index in [-0.39, 0.29) is 6.04 Å². The molecule has 1 rings (SSSR count). The molecule has 2 atom stereocenters. The van der Waals surface area contributed by atoms with Crippen LogP contribution in [0, 0.1) is 5.92 Å². The molecule has 0 aliphatic carbocycles. The molecule has 0 radical (unpaired) electrons. The highest BCUT2D eigenvalue weighted by Gasteiger charge is 2.18. The van der Waals surface area contributed by atoms with Crippen LogP contribution in [0.25, 0.3) is 0 Å². The van der Waals surface area contributed by atoms with Gasteiger partial charge in [0, 0.05) is 16.6 Å². The van der Waals surface area contributed by atoms with Gasteiger partial charge in [0.2, 0.25) is 0 Å². The van der Waals surface area contributed by atoms with E-state index in [2.05, 4.69) is 13.8 Å². The molecule has 2 N–H and O–H groups in total. The van der Waals surface area contributed by atoms with E-state index < -0.39 is 0 Å². The zero-order chi connectivity index (χ0) is 12.1. The van der Waals surface area contributed by atoms with Crippen molar-refractivity contribution < 1.29 is 4.74 Å². The molecule has 0 saturated carbocycles. The number of ether oxygens (including phenoxy) is 1. The Labute approximate surface area is 103 Å². The monoisotopic (exact) mass is 241 g/mol. The predicted molar refractivity (Wildman–Crippen MR) is 69.0 cm³/mol. The predicted octanol–water partition coefficient (Wildman–Crippen LogP) is 3.78. The average Bonchev–Trinajstić information content (AvgIpc) is 2.28. The number of hydrogen-bond donors (Lipinski definition) is 1. The van der Waals surface area contributed by atoms with Crippen LogP contribution in [0.2, 0.25) is 5.02 Å². The van der Waals surface area contributed by atoms with E-state index in [1.54, 1.807) is 7.11 Å². The van der Waals surface area contributed by atoms with Gasteiger partial charge >= 0.3 is 0 Å². The lowest BCUT2D eigenvalue weighted by Gasteiger charge is -2.22. The lowest BCUT2D eigenvalue weighted by molar-refractivity contribution is 0.383. The summed E-state index contributed by atoms with van der Waals surface area (Å²) in [7, 11) is 1.66. The van der Waals surface area contributed by atoms with Crippen LogP contribution in [0.15, 0.2) is 18.2 Å². The van der Waals surface area contributed by atoms with Crippen LogP contribution in [0.3, 0.4) is 0 Å². The maximum Gasteiger partial charge on any atom is 0.123 e. The molecule has 0 heterocycles. The number of nitrogens with two attached hydrogens (primary N) is 1. The first kappa shape index (κ1) is 13.3. The van der Waals surface area contributed by atoms with E-state index >= 15 is 0 Å². The molecule has 90 valence electrons. The average molecular weight is 242 g/mol. The van der Waals surface area contributed by atoms with E-state index in [9.17, 15) is 0 Å². The first-order valence-corrected chi connectivity index (χ1v) is 6.07. The third kappa shape index (κ3) is 3.13. The van der Waals surface area contributed by atoms with Crippen molar-refractivity contribution in [2.24, 2.45) is 11.7 Å². The summed E-state index contributed by atoms with van der Waals surface area (Å²) in [4.78, 5) is 0. The van der Waals surface area contributed by atoms with E-state index in [0.29, 0.717) is 10.9 Å². The van der Waals surface area contributed by atoms with Crippen LogP contribution in [0.5, 0.6) is 5.75 Å². The zero-order valence-corrected chi connectivity index (χ0v) is 10.9. The Balaban J connectivity index is 2.96. The Morgan fingerprint density at radius 2 is 2.12 bits per heavy atom. The van der Waals surface area contributed by atoms with E-state index in [1.807, 2.05) is 18.2 Å². The van der Waals surface area contributed by atoms with Crippen LogP contribution in [-0.4, -0.2) is 7.11 Å². The molecule has 2 unspecified atom stereocenters. The topological polar surface area (TPSA) is 35.2 Å². The van der Waals surface area contributed by atoms with Crippen molar-refractivity contribution in [3.8, 4) is 5.75 Å².